The van der Waals surface area contributed by atoms with E-state index in [1.165, 1.54) is 33.4 Å². The van der Waals surface area contributed by atoms with Crippen LogP contribution in [-0.4, -0.2) is 8.80 Å². The van der Waals surface area contributed by atoms with Gasteiger partial charge >= 0.3 is 0 Å². The molecule has 13 aromatic rings. The van der Waals surface area contributed by atoms with Gasteiger partial charge < -0.3 is 8.80 Å². The summed E-state index contributed by atoms with van der Waals surface area (Å²) in [6.07, 6.45) is 0. The number of para-hydroxylation sites is 2. The molecule has 2 nitrogen and oxygen atoms in total. The lowest BCUT2D eigenvalue weighted by molar-refractivity contribution is 0.568. The van der Waals surface area contributed by atoms with E-state index in [1.54, 1.807) is 24.3 Å². The maximum atomic E-state index is 16.0. The lowest BCUT2D eigenvalue weighted by Gasteiger charge is -2.26. The Morgan fingerprint density at radius 1 is 0.284 bits per heavy atom. The largest absolute Gasteiger partial charge is 0.307 e. The fourth-order valence-electron chi connectivity index (χ4n) is 12.2. The molecular formula is C70H62F2N2. The van der Waals surface area contributed by atoms with Crippen LogP contribution in [0.4, 0.5) is 8.78 Å². The van der Waals surface area contributed by atoms with E-state index >= 15 is 8.78 Å². The molecule has 0 saturated carbocycles. The number of halogens is 2. The van der Waals surface area contributed by atoms with Crippen LogP contribution in [-0.2, 0) is 21.7 Å². The highest BCUT2D eigenvalue weighted by molar-refractivity contribution is 6.46. The predicted octanol–water partition coefficient (Wildman–Crippen LogP) is 20.1. The summed E-state index contributed by atoms with van der Waals surface area (Å²) in [7, 11) is 0. The van der Waals surface area contributed by atoms with Gasteiger partial charge in [-0.25, -0.2) is 8.78 Å². The summed E-state index contributed by atoms with van der Waals surface area (Å²) < 4.78 is 37.0. The van der Waals surface area contributed by atoms with E-state index in [2.05, 4.69) is 201 Å². The van der Waals surface area contributed by atoms with Gasteiger partial charge in [0.25, 0.3) is 0 Å². The lowest BCUT2D eigenvalue weighted by Crippen LogP contribution is -2.16. The van der Waals surface area contributed by atoms with Crippen LogP contribution in [0.3, 0.4) is 0 Å². The van der Waals surface area contributed by atoms with Crippen LogP contribution >= 0.6 is 0 Å². The van der Waals surface area contributed by atoms with E-state index in [-0.39, 0.29) is 33.3 Å². The molecule has 0 atom stereocenters. The molecule has 0 fully saturated rings. The summed E-state index contributed by atoms with van der Waals surface area (Å²) in [5.74, 6) is -0.492. The van der Waals surface area contributed by atoms with Crippen molar-refractivity contribution >= 4 is 76.2 Å². The number of benzene rings is 9. The summed E-state index contributed by atoms with van der Waals surface area (Å²) in [5.41, 5.74) is 19.0. The number of hydrogen-bond donors (Lipinski definition) is 0. The fraction of sp³-hybridized carbons (Fsp3) is 0.229. The van der Waals surface area contributed by atoms with E-state index in [1.807, 2.05) is 24.3 Å². The first-order chi connectivity index (χ1) is 35.1. The average molecular weight is 969 g/mol. The Labute approximate surface area is 432 Å². The van der Waals surface area contributed by atoms with Gasteiger partial charge in [-0.3, -0.25) is 0 Å². The third-order valence-corrected chi connectivity index (χ3v) is 16.3. The van der Waals surface area contributed by atoms with Crippen molar-refractivity contribution in [2.24, 2.45) is 0 Å². The van der Waals surface area contributed by atoms with E-state index in [0.717, 1.165) is 98.4 Å². The minimum absolute atomic E-state index is 0.0854. The molecule has 0 radical (unpaired) electrons. The van der Waals surface area contributed by atoms with Crippen LogP contribution < -0.4 is 0 Å². The SMILES string of the molecule is CC(C)(C)c1cc(-c2cccc3c4c5c6cc(-c7ccccc7F)ccc6n6c7c(-c8cc(C(C)(C)C)cc(C(C)(C)C)c8)cccc7c(c7c8cc(-c9ccccc9F)ccc8n(c23)c74)c56)cc(C(C)(C)C)c1. The zero-order valence-electron chi connectivity index (χ0n) is 44.7. The predicted molar refractivity (Wildman–Crippen MR) is 312 cm³/mol. The normalized spacial score (nSPS) is 13.3. The zero-order valence-corrected chi connectivity index (χ0v) is 44.7. The van der Waals surface area contributed by atoms with Crippen molar-refractivity contribution in [3.05, 3.63) is 192 Å². The molecule has 13 rings (SSSR count). The van der Waals surface area contributed by atoms with Crippen molar-refractivity contribution in [1.82, 2.24) is 8.80 Å². The van der Waals surface area contributed by atoms with Gasteiger partial charge in [-0.05, 0) is 103 Å². The van der Waals surface area contributed by atoms with Crippen LogP contribution in [0.25, 0.3) is 121 Å². The molecule has 0 N–H and O–H groups in total. The van der Waals surface area contributed by atoms with E-state index in [9.17, 15) is 0 Å². The maximum absolute atomic E-state index is 16.0. The fourth-order valence-corrected chi connectivity index (χ4v) is 12.2. The molecule has 0 aliphatic carbocycles. The molecule has 0 aliphatic heterocycles. The second-order valence-corrected chi connectivity index (χ2v) is 25.3. The Morgan fingerprint density at radius 2 is 0.608 bits per heavy atom. The standard InChI is InChI=1S/C70H62F2N2/c1-67(2,3)43-31-41(32-44(37-43)68(4,5)6)49-21-17-23-51-59-61-54-36-40(48-20-14-16-26-56(48)72)28-30-58(54)74-64-50(42-33-45(69(7,8)9)38-46(34-42)70(10,11)12)22-18-24-52(64)60(66(61)74)62-53-35-39(47-19-13-15-25-55(47)71)27-29-57(53)73(63(49)51)65(59)62/h13-38H,1-12H3. The molecule has 4 heteroatoms. The molecule has 366 valence electrons. The van der Waals surface area contributed by atoms with Gasteiger partial charge in [0, 0.05) is 65.3 Å². The number of fused-ring (bicyclic) bond motifs is 14. The van der Waals surface area contributed by atoms with Crippen molar-refractivity contribution in [3.8, 4) is 44.5 Å². The minimum atomic E-state index is -0.246. The van der Waals surface area contributed by atoms with Gasteiger partial charge in [0.2, 0.25) is 0 Å². The topological polar surface area (TPSA) is 8.82 Å². The zero-order chi connectivity index (χ0) is 51.7. The van der Waals surface area contributed by atoms with Crippen LogP contribution in [0.2, 0.25) is 0 Å². The Kier molecular flexibility index (Phi) is 9.68. The summed E-state index contributed by atoms with van der Waals surface area (Å²) in [5, 5.41) is 9.09. The minimum Gasteiger partial charge on any atom is -0.307 e. The van der Waals surface area contributed by atoms with Crippen molar-refractivity contribution in [1.29, 1.82) is 0 Å². The van der Waals surface area contributed by atoms with Gasteiger partial charge in [-0.1, -0.05) is 204 Å². The van der Waals surface area contributed by atoms with E-state index in [4.69, 9.17) is 0 Å². The molecule has 0 unspecified atom stereocenters. The van der Waals surface area contributed by atoms with Gasteiger partial charge in [0.1, 0.15) is 11.6 Å². The smallest absolute Gasteiger partial charge is 0.131 e. The third kappa shape index (κ3) is 6.72. The number of aromatic nitrogens is 2. The Hall–Kier alpha value is -7.56. The number of hydrogen-bond acceptors (Lipinski definition) is 0. The summed E-state index contributed by atoms with van der Waals surface area (Å²) in [6.45, 7) is 27.6. The summed E-state index contributed by atoms with van der Waals surface area (Å²) in [4.78, 5) is 0. The Bertz CT molecular complexity index is 4120. The number of rotatable bonds is 4. The van der Waals surface area contributed by atoms with E-state index in [0.29, 0.717) is 11.1 Å². The van der Waals surface area contributed by atoms with Crippen molar-refractivity contribution in [2.45, 2.75) is 105 Å². The second kappa shape index (κ2) is 15.5. The maximum Gasteiger partial charge on any atom is 0.131 e. The van der Waals surface area contributed by atoms with Crippen molar-refractivity contribution in [3.63, 3.8) is 0 Å². The van der Waals surface area contributed by atoms with Gasteiger partial charge in [0.05, 0.1) is 33.1 Å². The lowest BCUT2D eigenvalue weighted by atomic mass is 9.78. The molecule has 9 aromatic carbocycles. The Balaban J connectivity index is 1.29. The van der Waals surface area contributed by atoms with Crippen molar-refractivity contribution in [2.75, 3.05) is 0 Å². The van der Waals surface area contributed by atoms with Crippen molar-refractivity contribution < 1.29 is 8.78 Å². The molecule has 4 aromatic heterocycles. The molecule has 0 amide bonds. The second-order valence-electron chi connectivity index (χ2n) is 25.3. The highest BCUT2D eigenvalue weighted by Crippen LogP contribution is 2.55. The monoisotopic (exact) mass is 968 g/mol. The van der Waals surface area contributed by atoms with Crippen LogP contribution in [0.15, 0.2) is 158 Å². The first kappa shape index (κ1) is 46.2. The molecule has 0 bridgehead atoms. The molecule has 4 heterocycles. The van der Waals surface area contributed by atoms with Crippen LogP contribution in [0.5, 0.6) is 0 Å². The van der Waals surface area contributed by atoms with Crippen LogP contribution in [0, 0.1) is 11.6 Å². The summed E-state index contributed by atoms with van der Waals surface area (Å²) in [6, 6.07) is 55.4. The Morgan fingerprint density at radius 3 is 0.946 bits per heavy atom. The van der Waals surface area contributed by atoms with Gasteiger partial charge in [-0.15, -0.1) is 0 Å². The molecular weight excluding hydrogens is 907 g/mol. The molecule has 74 heavy (non-hydrogen) atoms. The molecule has 0 spiro atoms. The molecule has 0 aliphatic rings. The first-order valence-corrected chi connectivity index (χ1v) is 26.3. The quantitative estimate of drug-likeness (QED) is 0.166. The van der Waals surface area contributed by atoms with Crippen LogP contribution in [0.1, 0.15) is 105 Å². The summed E-state index contributed by atoms with van der Waals surface area (Å²) >= 11 is 0. The van der Waals surface area contributed by atoms with Gasteiger partial charge in [-0.2, -0.15) is 0 Å². The first-order valence-electron chi connectivity index (χ1n) is 26.3. The highest BCUT2D eigenvalue weighted by Gasteiger charge is 2.32. The van der Waals surface area contributed by atoms with E-state index < -0.39 is 0 Å². The average Bonchev–Trinajstić information content (AvgIpc) is 4.29. The van der Waals surface area contributed by atoms with Gasteiger partial charge in [0.15, 0.2) is 0 Å². The molecule has 0 saturated heterocycles. The third-order valence-electron chi connectivity index (χ3n) is 16.3. The number of nitrogens with zero attached hydrogens (tertiary/aromatic N) is 2. The highest BCUT2D eigenvalue weighted by atomic mass is 19.1.